The van der Waals surface area contributed by atoms with Gasteiger partial charge >= 0.3 is 0 Å². The average Bonchev–Trinajstić information content (AvgIpc) is 2.42. The van der Waals surface area contributed by atoms with E-state index in [0.29, 0.717) is 11.3 Å². The molecule has 0 unspecified atom stereocenters. The van der Waals surface area contributed by atoms with Crippen LogP contribution in [0.25, 0.3) is 0 Å². The summed E-state index contributed by atoms with van der Waals surface area (Å²) >= 11 is 1.74. The number of nitrogens with one attached hydrogen (secondary N) is 1. The smallest absolute Gasteiger partial charge is 0.136 e. The minimum Gasteiger partial charge on any atom is -0.495 e. The first kappa shape index (κ1) is 14.4. The van der Waals surface area contributed by atoms with Crippen molar-refractivity contribution in [3.8, 4) is 24.2 Å². The van der Waals surface area contributed by atoms with E-state index in [4.69, 9.17) is 16.4 Å². The Labute approximate surface area is 113 Å². The molecule has 0 aliphatic rings. The van der Waals surface area contributed by atoms with E-state index in [9.17, 15) is 0 Å². The van der Waals surface area contributed by atoms with Crippen LogP contribution in [0.4, 0.5) is 0 Å². The highest BCUT2D eigenvalue weighted by atomic mass is 32.2. The number of thioether (sulfide) groups is 1. The zero-order valence-corrected chi connectivity index (χ0v) is 11.2. The molecule has 0 amide bonds. The third kappa shape index (κ3) is 4.71. The fraction of sp³-hybridized carbons (Fsp3) is 0.357. The molecule has 0 radical (unpaired) electrons. The quantitative estimate of drug-likeness (QED) is 0.602. The summed E-state index contributed by atoms with van der Waals surface area (Å²) < 4.78 is 5.16. The molecule has 0 atom stereocenters. The number of hydrogen-bond donors (Lipinski definition) is 1. The van der Waals surface area contributed by atoms with Crippen molar-refractivity contribution in [2.75, 3.05) is 25.2 Å². The molecule has 1 aromatic carbocycles. The molecule has 0 aliphatic carbocycles. The molecule has 4 heteroatoms. The van der Waals surface area contributed by atoms with E-state index in [2.05, 4.69) is 17.3 Å². The van der Waals surface area contributed by atoms with Crippen LogP contribution in [0.15, 0.2) is 18.2 Å². The van der Waals surface area contributed by atoms with Crippen LogP contribution in [-0.2, 0) is 6.54 Å². The van der Waals surface area contributed by atoms with Gasteiger partial charge in [-0.3, -0.25) is 0 Å². The molecule has 18 heavy (non-hydrogen) atoms. The molecule has 0 bridgehead atoms. The summed E-state index contributed by atoms with van der Waals surface area (Å²) in [5.74, 6) is 4.97. The standard InChI is InChI=1S/C14H16N2OS/c1-3-7-18-8-6-16-11-12-4-5-13(10-15)14(9-12)17-2/h1,4-5,9,16H,6-8,11H2,2H3. The summed E-state index contributed by atoms with van der Waals surface area (Å²) in [6.07, 6.45) is 5.16. The van der Waals surface area contributed by atoms with Crippen LogP contribution in [0.3, 0.4) is 0 Å². The van der Waals surface area contributed by atoms with Gasteiger partial charge in [0, 0.05) is 18.8 Å². The van der Waals surface area contributed by atoms with E-state index in [1.807, 2.05) is 12.1 Å². The van der Waals surface area contributed by atoms with Gasteiger partial charge in [0.2, 0.25) is 0 Å². The predicted octanol–water partition coefficient (Wildman–Crippen LogP) is 2.02. The molecule has 0 spiro atoms. The second-order valence-corrected chi connectivity index (χ2v) is 4.69. The third-order valence-corrected chi connectivity index (χ3v) is 3.19. The van der Waals surface area contributed by atoms with Gasteiger partial charge < -0.3 is 10.1 Å². The summed E-state index contributed by atoms with van der Waals surface area (Å²) in [5, 5.41) is 12.2. The minimum absolute atomic E-state index is 0.561. The lowest BCUT2D eigenvalue weighted by Crippen LogP contribution is -2.16. The Bertz CT molecular complexity index is 460. The number of nitrogens with zero attached hydrogens (tertiary/aromatic N) is 1. The molecule has 0 aromatic heterocycles. The largest absolute Gasteiger partial charge is 0.495 e. The van der Waals surface area contributed by atoms with E-state index in [-0.39, 0.29) is 0 Å². The molecule has 1 N–H and O–H groups in total. The van der Waals surface area contributed by atoms with Crippen LogP contribution < -0.4 is 10.1 Å². The Morgan fingerprint density at radius 1 is 1.50 bits per heavy atom. The molecule has 0 saturated heterocycles. The Hall–Kier alpha value is -1.62. The van der Waals surface area contributed by atoms with Crippen LogP contribution >= 0.6 is 11.8 Å². The Morgan fingerprint density at radius 3 is 3.00 bits per heavy atom. The van der Waals surface area contributed by atoms with E-state index in [1.54, 1.807) is 24.9 Å². The number of terminal acetylenes is 1. The summed E-state index contributed by atoms with van der Waals surface area (Å²) in [7, 11) is 1.57. The normalized spacial score (nSPS) is 9.50. The second kappa shape index (κ2) is 8.47. The molecule has 0 saturated carbocycles. The SMILES string of the molecule is C#CCSCCNCc1ccc(C#N)c(OC)c1. The topological polar surface area (TPSA) is 45.0 Å². The summed E-state index contributed by atoms with van der Waals surface area (Å²) in [6.45, 7) is 1.67. The van der Waals surface area contributed by atoms with Crippen molar-refractivity contribution in [2.24, 2.45) is 0 Å². The lowest BCUT2D eigenvalue weighted by atomic mass is 10.1. The fourth-order valence-corrected chi connectivity index (χ4v) is 2.00. The number of rotatable bonds is 7. The monoisotopic (exact) mass is 260 g/mol. The molecule has 94 valence electrons. The van der Waals surface area contributed by atoms with Crippen molar-refractivity contribution < 1.29 is 4.74 Å². The lowest BCUT2D eigenvalue weighted by molar-refractivity contribution is 0.412. The number of benzene rings is 1. The lowest BCUT2D eigenvalue weighted by Gasteiger charge is -2.07. The number of methoxy groups -OCH3 is 1. The van der Waals surface area contributed by atoms with Crippen molar-refractivity contribution in [3.05, 3.63) is 29.3 Å². The van der Waals surface area contributed by atoms with Crippen molar-refractivity contribution >= 4 is 11.8 Å². The summed E-state index contributed by atoms with van der Waals surface area (Å²) in [5.41, 5.74) is 1.67. The zero-order valence-electron chi connectivity index (χ0n) is 10.4. The first-order valence-corrected chi connectivity index (χ1v) is 6.76. The summed E-state index contributed by atoms with van der Waals surface area (Å²) in [6, 6.07) is 7.70. The highest BCUT2D eigenvalue weighted by molar-refractivity contribution is 7.99. The van der Waals surface area contributed by atoms with Gasteiger partial charge in [0.15, 0.2) is 0 Å². The molecule has 3 nitrogen and oxygen atoms in total. The van der Waals surface area contributed by atoms with E-state index in [0.717, 1.165) is 30.2 Å². The van der Waals surface area contributed by atoms with Gasteiger partial charge in [-0.05, 0) is 17.7 Å². The van der Waals surface area contributed by atoms with Crippen LogP contribution in [0.2, 0.25) is 0 Å². The van der Waals surface area contributed by atoms with Crippen molar-refractivity contribution in [1.29, 1.82) is 5.26 Å². The minimum atomic E-state index is 0.561. The number of hydrogen-bond acceptors (Lipinski definition) is 4. The number of ether oxygens (including phenoxy) is 1. The van der Waals surface area contributed by atoms with E-state index >= 15 is 0 Å². The van der Waals surface area contributed by atoms with Gasteiger partial charge in [-0.2, -0.15) is 5.26 Å². The first-order chi connectivity index (χ1) is 8.81. The molecule has 1 aromatic rings. The average molecular weight is 260 g/mol. The molecule has 0 heterocycles. The Kier molecular flexibility index (Phi) is 6.79. The van der Waals surface area contributed by atoms with Crippen LogP contribution in [-0.4, -0.2) is 25.2 Å². The van der Waals surface area contributed by atoms with Crippen molar-refractivity contribution in [3.63, 3.8) is 0 Å². The first-order valence-electron chi connectivity index (χ1n) is 5.60. The van der Waals surface area contributed by atoms with E-state index < -0.39 is 0 Å². The maximum atomic E-state index is 8.87. The molecule has 0 fully saturated rings. The van der Waals surface area contributed by atoms with Crippen molar-refractivity contribution in [1.82, 2.24) is 5.32 Å². The van der Waals surface area contributed by atoms with Gasteiger partial charge in [0.25, 0.3) is 0 Å². The van der Waals surface area contributed by atoms with Gasteiger partial charge in [-0.15, -0.1) is 18.2 Å². The van der Waals surface area contributed by atoms with Crippen LogP contribution in [0, 0.1) is 23.7 Å². The fourth-order valence-electron chi connectivity index (χ4n) is 1.45. The van der Waals surface area contributed by atoms with Crippen LogP contribution in [0.1, 0.15) is 11.1 Å². The summed E-state index contributed by atoms with van der Waals surface area (Å²) in [4.78, 5) is 0. The third-order valence-electron chi connectivity index (χ3n) is 2.32. The Balaban J connectivity index is 2.39. The molecular formula is C14H16N2OS. The van der Waals surface area contributed by atoms with Gasteiger partial charge in [-0.1, -0.05) is 12.0 Å². The molecule has 1 rings (SSSR count). The Morgan fingerprint density at radius 2 is 2.33 bits per heavy atom. The van der Waals surface area contributed by atoms with Gasteiger partial charge in [0.05, 0.1) is 18.4 Å². The maximum Gasteiger partial charge on any atom is 0.136 e. The maximum absolute atomic E-state index is 8.87. The van der Waals surface area contributed by atoms with Gasteiger partial charge in [0.1, 0.15) is 11.8 Å². The zero-order chi connectivity index (χ0) is 13.2. The highest BCUT2D eigenvalue weighted by Gasteiger charge is 2.03. The highest BCUT2D eigenvalue weighted by Crippen LogP contribution is 2.18. The molecular weight excluding hydrogens is 244 g/mol. The van der Waals surface area contributed by atoms with E-state index in [1.165, 1.54) is 0 Å². The number of nitriles is 1. The van der Waals surface area contributed by atoms with Crippen molar-refractivity contribution in [2.45, 2.75) is 6.54 Å². The van der Waals surface area contributed by atoms with Gasteiger partial charge in [-0.25, -0.2) is 0 Å². The predicted molar refractivity (Wildman–Crippen MR) is 75.6 cm³/mol. The molecule has 0 aliphatic heterocycles. The second-order valence-electron chi connectivity index (χ2n) is 3.58. The van der Waals surface area contributed by atoms with Crippen LogP contribution in [0.5, 0.6) is 5.75 Å².